The molecule has 0 atom stereocenters. The largest absolute Gasteiger partial charge is 0.320 e. The molecule has 0 rings (SSSR count). The molecule has 0 aromatic rings. The molecule has 0 amide bonds. The Balaban J connectivity index is 3.25. The van der Waals surface area contributed by atoms with Crippen molar-refractivity contribution in [3.8, 4) is 0 Å². The number of rotatable bonds is 7. The van der Waals surface area contributed by atoms with Gasteiger partial charge in [0.25, 0.3) is 0 Å². The van der Waals surface area contributed by atoms with E-state index in [9.17, 15) is 0 Å². The molecular formula is C9H20N2S. The van der Waals surface area contributed by atoms with Gasteiger partial charge in [0, 0.05) is 12.0 Å². The van der Waals surface area contributed by atoms with Crippen molar-refractivity contribution in [3.05, 3.63) is 0 Å². The van der Waals surface area contributed by atoms with Gasteiger partial charge in [0.05, 0.1) is 0 Å². The van der Waals surface area contributed by atoms with E-state index in [-0.39, 0.29) is 5.41 Å². The zero-order chi connectivity index (χ0) is 9.45. The van der Waals surface area contributed by atoms with Crippen LogP contribution in [0.1, 0.15) is 20.3 Å². The molecule has 12 heavy (non-hydrogen) atoms. The minimum Gasteiger partial charge on any atom is -0.320 e. The van der Waals surface area contributed by atoms with Gasteiger partial charge in [-0.3, -0.25) is 0 Å². The first-order valence-corrected chi connectivity index (χ1v) is 4.91. The van der Waals surface area contributed by atoms with Gasteiger partial charge in [0.2, 0.25) is 0 Å². The fraction of sp³-hybridized carbons (Fsp3) is 0.889. The fourth-order valence-electron chi connectivity index (χ4n) is 0.842. The van der Waals surface area contributed by atoms with E-state index in [1.165, 1.54) is 6.42 Å². The molecule has 0 fully saturated rings. The Hall–Kier alpha value is 0.01000. The molecule has 0 radical (unpaired) electrons. The Kier molecular flexibility index (Phi) is 6.52. The number of hydrogen-bond donors (Lipinski definition) is 2. The van der Waals surface area contributed by atoms with Gasteiger partial charge < -0.3 is 10.6 Å². The summed E-state index contributed by atoms with van der Waals surface area (Å²) in [6.45, 7) is 7.40. The van der Waals surface area contributed by atoms with Crippen LogP contribution in [0.5, 0.6) is 0 Å². The van der Waals surface area contributed by atoms with E-state index in [4.69, 9.17) is 12.2 Å². The predicted molar refractivity (Wildman–Crippen MR) is 58.8 cm³/mol. The molecule has 0 aliphatic rings. The van der Waals surface area contributed by atoms with Crippen molar-refractivity contribution in [2.24, 2.45) is 5.41 Å². The maximum atomic E-state index is 4.91. The number of thiocarbonyl (C=S) groups is 1. The maximum Gasteiger partial charge on any atom is 0.00546 e. The van der Waals surface area contributed by atoms with Crippen molar-refractivity contribution >= 4 is 17.6 Å². The first-order valence-electron chi connectivity index (χ1n) is 4.44. The highest BCUT2D eigenvalue weighted by atomic mass is 32.1. The van der Waals surface area contributed by atoms with E-state index >= 15 is 0 Å². The Morgan fingerprint density at radius 2 is 2.00 bits per heavy atom. The van der Waals surface area contributed by atoms with Crippen molar-refractivity contribution in [1.82, 2.24) is 10.6 Å². The zero-order valence-electron chi connectivity index (χ0n) is 8.31. The molecule has 0 bridgehead atoms. The van der Waals surface area contributed by atoms with E-state index in [0.29, 0.717) is 0 Å². The summed E-state index contributed by atoms with van der Waals surface area (Å²) in [5, 5.41) is 8.32. The molecule has 72 valence electrons. The lowest BCUT2D eigenvalue weighted by Gasteiger charge is -2.18. The average Bonchev–Trinajstić information content (AvgIpc) is 2.04. The Morgan fingerprint density at radius 1 is 1.33 bits per heavy atom. The van der Waals surface area contributed by atoms with Gasteiger partial charge in [0.1, 0.15) is 0 Å². The van der Waals surface area contributed by atoms with E-state index in [2.05, 4.69) is 24.5 Å². The number of nitrogens with one attached hydrogen (secondary N) is 2. The molecule has 2 N–H and O–H groups in total. The second-order valence-electron chi connectivity index (χ2n) is 3.74. The van der Waals surface area contributed by atoms with Crippen LogP contribution < -0.4 is 10.6 Å². The van der Waals surface area contributed by atoms with Crippen LogP contribution in [0.2, 0.25) is 0 Å². The molecule has 0 unspecified atom stereocenters. The van der Waals surface area contributed by atoms with Gasteiger partial charge >= 0.3 is 0 Å². The SMILES string of the molecule is CNCCCNCC(C)(C)C=S. The topological polar surface area (TPSA) is 24.1 Å². The van der Waals surface area contributed by atoms with Crippen LogP contribution in [0.4, 0.5) is 0 Å². The van der Waals surface area contributed by atoms with E-state index in [0.717, 1.165) is 19.6 Å². The lowest BCUT2D eigenvalue weighted by molar-refractivity contribution is 0.474. The Labute approximate surface area is 81.1 Å². The summed E-state index contributed by atoms with van der Waals surface area (Å²) < 4.78 is 0. The standard InChI is InChI=1S/C9H20N2S/c1-9(2,8-12)7-11-6-4-5-10-3/h8,10-11H,4-7H2,1-3H3. The van der Waals surface area contributed by atoms with E-state index in [1.807, 2.05) is 12.4 Å². The zero-order valence-corrected chi connectivity index (χ0v) is 9.13. The lowest BCUT2D eigenvalue weighted by atomic mass is 9.97. The first kappa shape index (κ1) is 12.0. The minimum atomic E-state index is 0.148. The van der Waals surface area contributed by atoms with Crippen molar-refractivity contribution < 1.29 is 0 Å². The normalized spacial score (nSPS) is 11.6. The van der Waals surface area contributed by atoms with Crippen LogP contribution in [0.25, 0.3) is 0 Å². The Morgan fingerprint density at radius 3 is 2.50 bits per heavy atom. The molecule has 0 spiro atoms. The second-order valence-corrected chi connectivity index (χ2v) is 3.98. The third-order valence-corrected chi connectivity index (χ3v) is 2.32. The van der Waals surface area contributed by atoms with Crippen LogP contribution in [-0.4, -0.2) is 32.0 Å². The average molecular weight is 188 g/mol. The molecule has 0 saturated heterocycles. The monoisotopic (exact) mass is 188 g/mol. The first-order chi connectivity index (χ1) is 5.62. The molecule has 0 aliphatic heterocycles. The summed E-state index contributed by atoms with van der Waals surface area (Å²) in [5.41, 5.74) is 0.148. The highest BCUT2D eigenvalue weighted by Gasteiger charge is 2.11. The van der Waals surface area contributed by atoms with Gasteiger partial charge in [-0.25, -0.2) is 0 Å². The van der Waals surface area contributed by atoms with Gasteiger partial charge in [-0.05, 0) is 31.9 Å². The van der Waals surface area contributed by atoms with Crippen LogP contribution in [0, 0.1) is 5.41 Å². The summed E-state index contributed by atoms with van der Waals surface area (Å²) in [6, 6.07) is 0. The van der Waals surface area contributed by atoms with Gasteiger partial charge in [-0.2, -0.15) is 0 Å². The fourth-order valence-corrected chi connectivity index (χ4v) is 0.926. The van der Waals surface area contributed by atoms with Crippen LogP contribution in [-0.2, 0) is 0 Å². The van der Waals surface area contributed by atoms with Gasteiger partial charge in [-0.15, -0.1) is 0 Å². The van der Waals surface area contributed by atoms with E-state index < -0.39 is 0 Å². The summed E-state index contributed by atoms with van der Waals surface area (Å²) in [6.07, 6.45) is 1.17. The van der Waals surface area contributed by atoms with Crippen LogP contribution in [0.3, 0.4) is 0 Å². The molecule has 0 aromatic heterocycles. The van der Waals surface area contributed by atoms with E-state index in [1.54, 1.807) is 0 Å². The molecule has 0 aromatic carbocycles. The van der Waals surface area contributed by atoms with Crippen molar-refractivity contribution in [3.63, 3.8) is 0 Å². The summed E-state index contributed by atoms with van der Waals surface area (Å²) in [7, 11) is 1.97. The highest BCUT2D eigenvalue weighted by Crippen LogP contribution is 2.08. The minimum absolute atomic E-state index is 0.148. The van der Waals surface area contributed by atoms with Gasteiger partial charge in [-0.1, -0.05) is 26.1 Å². The smallest absolute Gasteiger partial charge is 0.00546 e. The van der Waals surface area contributed by atoms with Crippen LogP contribution >= 0.6 is 12.2 Å². The predicted octanol–water partition coefficient (Wildman–Crippen LogP) is 1.21. The second kappa shape index (κ2) is 6.52. The summed E-state index contributed by atoms with van der Waals surface area (Å²) >= 11 is 4.91. The summed E-state index contributed by atoms with van der Waals surface area (Å²) in [5.74, 6) is 0. The maximum absolute atomic E-state index is 4.91. The quantitative estimate of drug-likeness (QED) is 0.464. The molecular weight excluding hydrogens is 168 g/mol. The van der Waals surface area contributed by atoms with Crippen LogP contribution in [0.15, 0.2) is 0 Å². The molecule has 0 heterocycles. The number of hydrogen-bond acceptors (Lipinski definition) is 3. The summed E-state index contributed by atoms with van der Waals surface area (Å²) in [4.78, 5) is 0. The van der Waals surface area contributed by atoms with Crippen molar-refractivity contribution in [2.75, 3.05) is 26.7 Å². The molecule has 0 aliphatic carbocycles. The third-order valence-electron chi connectivity index (χ3n) is 1.68. The van der Waals surface area contributed by atoms with Crippen molar-refractivity contribution in [2.45, 2.75) is 20.3 Å². The molecule has 3 heteroatoms. The lowest BCUT2D eigenvalue weighted by Crippen LogP contribution is -2.31. The highest BCUT2D eigenvalue weighted by molar-refractivity contribution is 7.79. The Bertz CT molecular complexity index is 124. The van der Waals surface area contributed by atoms with Gasteiger partial charge in [0.15, 0.2) is 0 Å². The molecule has 0 saturated carbocycles. The van der Waals surface area contributed by atoms with Crippen molar-refractivity contribution in [1.29, 1.82) is 0 Å². The third kappa shape index (κ3) is 6.70. The molecule has 2 nitrogen and oxygen atoms in total.